The van der Waals surface area contributed by atoms with Crippen molar-refractivity contribution in [2.75, 3.05) is 26.2 Å². The van der Waals surface area contributed by atoms with Crippen molar-refractivity contribution in [3.8, 4) is 0 Å². The fourth-order valence-electron chi connectivity index (χ4n) is 3.48. The Kier molecular flexibility index (Phi) is 7.58. The van der Waals surface area contributed by atoms with E-state index < -0.39 is 0 Å². The maximum atomic E-state index is 4.74. The largest absolute Gasteiger partial charge is 0.357 e. The summed E-state index contributed by atoms with van der Waals surface area (Å²) in [6.45, 7) is 10.5. The van der Waals surface area contributed by atoms with E-state index in [0.29, 0.717) is 6.54 Å². The van der Waals surface area contributed by atoms with Crippen LogP contribution in [0.1, 0.15) is 38.2 Å². The number of benzene rings is 1. The summed E-state index contributed by atoms with van der Waals surface area (Å²) < 4.78 is 1.97. The number of pyridine rings is 1. The lowest BCUT2D eigenvalue weighted by Gasteiger charge is -2.30. The Hall–Kier alpha value is -2.93. The molecule has 0 fully saturated rings. The lowest BCUT2D eigenvalue weighted by molar-refractivity contribution is 0.219. The van der Waals surface area contributed by atoms with Crippen LogP contribution >= 0.6 is 0 Å². The lowest BCUT2D eigenvalue weighted by Crippen LogP contribution is -2.43. The zero-order chi connectivity index (χ0) is 20.5. The first-order valence-corrected chi connectivity index (χ1v) is 10.4. The van der Waals surface area contributed by atoms with Gasteiger partial charge >= 0.3 is 0 Å². The lowest BCUT2D eigenvalue weighted by atomic mass is 10.1. The molecule has 0 aliphatic rings. The number of nitrogens with zero attached hydrogens (tertiary/aromatic N) is 5. The molecular weight excluding hydrogens is 362 g/mol. The van der Waals surface area contributed by atoms with Gasteiger partial charge in [-0.1, -0.05) is 50.2 Å². The van der Waals surface area contributed by atoms with E-state index >= 15 is 0 Å². The molecule has 7 nitrogen and oxygen atoms in total. The highest BCUT2D eigenvalue weighted by Crippen LogP contribution is 2.19. The quantitative estimate of drug-likeness (QED) is 0.432. The van der Waals surface area contributed by atoms with E-state index in [-0.39, 0.29) is 6.04 Å². The van der Waals surface area contributed by atoms with E-state index in [1.165, 1.54) is 5.56 Å². The van der Waals surface area contributed by atoms with Crippen molar-refractivity contribution in [2.24, 2.45) is 4.99 Å². The van der Waals surface area contributed by atoms with Crippen LogP contribution in [-0.2, 0) is 6.54 Å². The minimum atomic E-state index is 0.281. The number of likely N-dealkylation sites (N-methyl/N-ethyl adjacent to an activating group) is 1. The van der Waals surface area contributed by atoms with Gasteiger partial charge in [0.1, 0.15) is 6.54 Å². The summed E-state index contributed by atoms with van der Waals surface area (Å²) in [4.78, 5) is 7.19. The van der Waals surface area contributed by atoms with E-state index in [1.54, 1.807) is 0 Å². The number of guanidine groups is 1. The van der Waals surface area contributed by atoms with Crippen molar-refractivity contribution in [2.45, 2.75) is 33.4 Å². The van der Waals surface area contributed by atoms with Gasteiger partial charge < -0.3 is 10.6 Å². The van der Waals surface area contributed by atoms with Crippen LogP contribution in [0.25, 0.3) is 5.65 Å². The van der Waals surface area contributed by atoms with Crippen LogP contribution in [0.3, 0.4) is 0 Å². The van der Waals surface area contributed by atoms with Gasteiger partial charge in [0.05, 0.1) is 6.04 Å². The Morgan fingerprint density at radius 2 is 1.76 bits per heavy atom. The molecule has 0 saturated heterocycles. The Labute approximate surface area is 172 Å². The molecule has 2 aromatic heterocycles. The van der Waals surface area contributed by atoms with Gasteiger partial charge in [0.25, 0.3) is 0 Å². The summed E-state index contributed by atoms with van der Waals surface area (Å²) in [6.07, 6.45) is 1.96. The molecule has 0 spiro atoms. The highest BCUT2D eigenvalue weighted by Gasteiger charge is 2.18. The van der Waals surface area contributed by atoms with E-state index in [0.717, 1.165) is 43.6 Å². The second-order valence-electron chi connectivity index (χ2n) is 6.77. The number of aliphatic imine (C=N–C) groups is 1. The van der Waals surface area contributed by atoms with E-state index in [4.69, 9.17) is 4.99 Å². The van der Waals surface area contributed by atoms with Gasteiger partial charge in [-0.05, 0) is 37.7 Å². The molecule has 0 aliphatic heterocycles. The molecule has 1 atom stereocenters. The monoisotopic (exact) mass is 393 g/mol. The van der Waals surface area contributed by atoms with Crippen LogP contribution in [0.15, 0.2) is 59.7 Å². The predicted molar refractivity (Wildman–Crippen MR) is 118 cm³/mol. The fraction of sp³-hybridized carbons (Fsp3) is 0.409. The predicted octanol–water partition coefficient (Wildman–Crippen LogP) is 2.87. The summed E-state index contributed by atoms with van der Waals surface area (Å²) >= 11 is 0. The van der Waals surface area contributed by atoms with Crippen LogP contribution < -0.4 is 10.6 Å². The minimum Gasteiger partial charge on any atom is -0.357 e. The van der Waals surface area contributed by atoms with Gasteiger partial charge in [-0.3, -0.25) is 9.30 Å². The molecule has 3 rings (SSSR count). The second-order valence-corrected chi connectivity index (χ2v) is 6.77. The number of aromatic nitrogens is 3. The van der Waals surface area contributed by atoms with Crippen LogP contribution in [0, 0.1) is 0 Å². The molecule has 3 aromatic rings. The maximum absolute atomic E-state index is 4.74. The van der Waals surface area contributed by atoms with Crippen LogP contribution in [0.5, 0.6) is 0 Å². The van der Waals surface area contributed by atoms with Gasteiger partial charge in [0.15, 0.2) is 17.4 Å². The van der Waals surface area contributed by atoms with Crippen molar-refractivity contribution in [1.29, 1.82) is 0 Å². The summed E-state index contributed by atoms with van der Waals surface area (Å²) in [5.41, 5.74) is 2.14. The van der Waals surface area contributed by atoms with Crippen molar-refractivity contribution < 1.29 is 0 Å². The van der Waals surface area contributed by atoms with E-state index in [1.807, 2.05) is 28.8 Å². The van der Waals surface area contributed by atoms with Gasteiger partial charge in [-0.15, -0.1) is 10.2 Å². The number of rotatable bonds is 9. The Bertz CT molecular complexity index is 900. The first-order valence-electron chi connectivity index (χ1n) is 10.4. The summed E-state index contributed by atoms with van der Waals surface area (Å²) in [6, 6.07) is 16.8. The zero-order valence-corrected chi connectivity index (χ0v) is 17.5. The molecular formula is C22H31N7. The van der Waals surface area contributed by atoms with E-state index in [9.17, 15) is 0 Å². The van der Waals surface area contributed by atoms with Crippen molar-refractivity contribution in [1.82, 2.24) is 30.1 Å². The van der Waals surface area contributed by atoms with E-state index in [2.05, 4.69) is 76.8 Å². The highest BCUT2D eigenvalue weighted by atomic mass is 15.3. The number of hydrogen-bond donors (Lipinski definition) is 2. The zero-order valence-electron chi connectivity index (χ0n) is 17.5. The smallest absolute Gasteiger partial charge is 0.191 e. The molecule has 0 aliphatic carbocycles. The summed E-state index contributed by atoms with van der Waals surface area (Å²) in [5, 5.41) is 15.3. The highest BCUT2D eigenvalue weighted by molar-refractivity contribution is 5.79. The minimum absolute atomic E-state index is 0.281. The summed E-state index contributed by atoms with van der Waals surface area (Å²) in [7, 11) is 0. The van der Waals surface area contributed by atoms with Crippen LogP contribution in [0.4, 0.5) is 0 Å². The third-order valence-electron chi connectivity index (χ3n) is 5.01. The van der Waals surface area contributed by atoms with Gasteiger partial charge in [0.2, 0.25) is 0 Å². The van der Waals surface area contributed by atoms with Gasteiger partial charge in [0, 0.05) is 19.3 Å². The average Bonchev–Trinajstić information content (AvgIpc) is 3.18. The third kappa shape index (κ3) is 5.32. The number of fused-ring (bicyclic) bond motifs is 1. The molecule has 0 amide bonds. The second kappa shape index (κ2) is 10.6. The Morgan fingerprint density at radius 1 is 1.00 bits per heavy atom. The molecule has 0 bridgehead atoms. The van der Waals surface area contributed by atoms with Crippen molar-refractivity contribution >= 4 is 11.6 Å². The Balaban J connectivity index is 1.73. The average molecular weight is 394 g/mol. The standard InChI is InChI=1S/C22H31N7/c1-4-23-22(25-17-21-27-26-20-14-10-11-15-29(20)21)24-16-19(28(5-2)6-3)18-12-8-7-9-13-18/h7-15,19H,4-6,16-17H2,1-3H3,(H2,23,24,25). The molecule has 2 N–H and O–H groups in total. The molecule has 7 heteroatoms. The SMILES string of the molecule is CCNC(=NCc1nnc2ccccn12)NCC(c1ccccc1)N(CC)CC. The molecule has 154 valence electrons. The number of hydrogen-bond acceptors (Lipinski definition) is 4. The Morgan fingerprint density at radius 3 is 2.48 bits per heavy atom. The molecule has 29 heavy (non-hydrogen) atoms. The number of nitrogens with one attached hydrogen (secondary N) is 2. The molecule has 0 saturated carbocycles. The third-order valence-corrected chi connectivity index (χ3v) is 5.01. The van der Waals surface area contributed by atoms with Crippen molar-refractivity contribution in [3.63, 3.8) is 0 Å². The fourth-order valence-corrected chi connectivity index (χ4v) is 3.48. The van der Waals surface area contributed by atoms with Crippen molar-refractivity contribution in [3.05, 3.63) is 66.1 Å². The summed E-state index contributed by atoms with van der Waals surface area (Å²) in [5.74, 6) is 1.61. The maximum Gasteiger partial charge on any atom is 0.191 e. The van der Waals surface area contributed by atoms with Crippen LogP contribution in [0.2, 0.25) is 0 Å². The first kappa shape index (κ1) is 20.8. The normalized spacial score (nSPS) is 13.0. The van der Waals surface area contributed by atoms with Crippen LogP contribution in [-0.4, -0.2) is 51.6 Å². The topological polar surface area (TPSA) is 69.8 Å². The molecule has 0 radical (unpaired) electrons. The molecule has 1 unspecified atom stereocenters. The molecule has 1 aromatic carbocycles. The first-order chi connectivity index (χ1) is 14.3. The molecule has 2 heterocycles. The van der Waals surface area contributed by atoms with Gasteiger partial charge in [-0.2, -0.15) is 0 Å². The van der Waals surface area contributed by atoms with Gasteiger partial charge in [-0.25, -0.2) is 4.99 Å².